The lowest BCUT2D eigenvalue weighted by Gasteiger charge is -2.05. The van der Waals surface area contributed by atoms with E-state index in [1.807, 2.05) is 36.4 Å². The van der Waals surface area contributed by atoms with Gasteiger partial charge in [-0.25, -0.2) is 5.43 Å². The molecule has 2 amide bonds. The molecule has 0 bridgehead atoms. The van der Waals surface area contributed by atoms with Gasteiger partial charge in [-0.3, -0.25) is 9.59 Å². The first kappa shape index (κ1) is 15.4. The summed E-state index contributed by atoms with van der Waals surface area (Å²) in [5.74, 6) is -0.668. The van der Waals surface area contributed by atoms with Crippen molar-refractivity contribution in [1.82, 2.24) is 10.7 Å². The van der Waals surface area contributed by atoms with Gasteiger partial charge in [0.1, 0.15) is 0 Å². The lowest BCUT2D eigenvalue weighted by atomic mass is 10.1. The molecule has 0 aliphatic carbocycles. The fourth-order valence-electron chi connectivity index (χ4n) is 1.78. The van der Waals surface area contributed by atoms with E-state index in [2.05, 4.69) is 15.8 Å². The Morgan fingerprint density at radius 1 is 0.909 bits per heavy atom. The van der Waals surface area contributed by atoms with Crippen LogP contribution in [0.25, 0.3) is 0 Å². The first-order valence-electron chi connectivity index (χ1n) is 6.88. The number of amides is 2. The summed E-state index contributed by atoms with van der Waals surface area (Å²) in [4.78, 5) is 23.5. The van der Waals surface area contributed by atoms with Gasteiger partial charge in [-0.05, 0) is 24.6 Å². The topological polar surface area (TPSA) is 70.6 Å². The number of hydrogen-bond acceptors (Lipinski definition) is 3. The van der Waals surface area contributed by atoms with Crippen molar-refractivity contribution in [2.45, 2.75) is 6.92 Å². The van der Waals surface area contributed by atoms with Crippen LogP contribution in [-0.2, 0) is 4.79 Å². The van der Waals surface area contributed by atoms with Crippen molar-refractivity contribution in [3.8, 4) is 0 Å². The Morgan fingerprint density at radius 3 is 2.05 bits per heavy atom. The minimum atomic E-state index is -0.375. The second-order valence-corrected chi connectivity index (χ2v) is 4.65. The van der Waals surface area contributed by atoms with E-state index in [0.29, 0.717) is 11.3 Å². The van der Waals surface area contributed by atoms with E-state index in [0.717, 1.165) is 5.56 Å². The highest BCUT2D eigenvalue weighted by Crippen LogP contribution is 2.00. The molecular formula is C17H17N3O2. The first-order chi connectivity index (χ1) is 10.7. The Hall–Kier alpha value is -2.95. The SMILES string of the molecule is C/C(=N/NC(=O)CNC(=O)c1ccccc1)c1ccccc1. The van der Waals surface area contributed by atoms with Gasteiger partial charge in [0.2, 0.25) is 0 Å². The quantitative estimate of drug-likeness (QED) is 0.654. The van der Waals surface area contributed by atoms with Crippen LogP contribution < -0.4 is 10.7 Å². The summed E-state index contributed by atoms with van der Waals surface area (Å²) in [6, 6.07) is 18.2. The molecule has 0 heterocycles. The molecule has 0 spiro atoms. The number of hydrogen-bond donors (Lipinski definition) is 2. The maximum atomic E-state index is 11.8. The molecule has 2 N–H and O–H groups in total. The molecule has 0 saturated heterocycles. The molecule has 0 aromatic heterocycles. The molecule has 0 saturated carbocycles. The van der Waals surface area contributed by atoms with E-state index in [1.165, 1.54) is 0 Å². The van der Waals surface area contributed by atoms with Crippen molar-refractivity contribution < 1.29 is 9.59 Å². The Kier molecular flexibility index (Phi) is 5.43. The molecule has 2 aromatic carbocycles. The zero-order chi connectivity index (χ0) is 15.8. The van der Waals surface area contributed by atoms with Gasteiger partial charge in [0.25, 0.3) is 11.8 Å². The molecule has 0 aliphatic heterocycles. The maximum Gasteiger partial charge on any atom is 0.259 e. The highest BCUT2D eigenvalue weighted by Gasteiger charge is 2.07. The van der Waals surface area contributed by atoms with Crippen molar-refractivity contribution in [3.63, 3.8) is 0 Å². The lowest BCUT2D eigenvalue weighted by Crippen LogP contribution is -2.35. The number of nitrogens with one attached hydrogen (secondary N) is 2. The molecule has 5 nitrogen and oxygen atoms in total. The van der Waals surface area contributed by atoms with Crippen LogP contribution in [0.4, 0.5) is 0 Å². The smallest absolute Gasteiger partial charge is 0.259 e. The number of carbonyl (C=O) groups excluding carboxylic acids is 2. The van der Waals surface area contributed by atoms with Gasteiger partial charge < -0.3 is 5.32 Å². The van der Waals surface area contributed by atoms with Crippen molar-refractivity contribution in [3.05, 3.63) is 71.8 Å². The second kappa shape index (κ2) is 7.73. The molecule has 0 fully saturated rings. The third-order valence-electron chi connectivity index (χ3n) is 2.99. The van der Waals surface area contributed by atoms with Crippen LogP contribution in [0.1, 0.15) is 22.8 Å². The number of benzene rings is 2. The third-order valence-corrected chi connectivity index (χ3v) is 2.99. The summed E-state index contributed by atoms with van der Waals surface area (Å²) in [7, 11) is 0. The normalized spacial score (nSPS) is 10.9. The molecule has 0 aliphatic rings. The highest BCUT2D eigenvalue weighted by molar-refractivity contribution is 5.99. The first-order valence-corrected chi connectivity index (χ1v) is 6.88. The zero-order valence-electron chi connectivity index (χ0n) is 12.2. The molecular weight excluding hydrogens is 278 g/mol. The van der Waals surface area contributed by atoms with Crippen LogP contribution >= 0.6 is 0 Å². The predicted octanol–water partition coefficient (Wildman–Crippen LogP) is 1.96. The van der Waals surface area contributed by atoms with E-state index < -0.39 is 0 Å². The van der Waals surface area contributed by atoms with E-state index in [4.69, 9.17) is 0 Å². The summed E-state index contributed by atoms with van der Waals surface area (Å²) in [6.45, 7) is 1.68. The van der Waals surface area contributed by atoms with Crippen LogP contribution in [-0.4, -0.2) is 24.1 Å². The monoisotopic (exact) mass is 295 g/mol. The summed E-state index contributed by atoms with van der Waals surface area (Å²) in [5.41, 5.74) is 4.56. The van der Waals surface area contributed by atoms with Gasteiger partial charge in [-0.2, -0.15) is 5.10 Å². The molecule has 5 heteroatoms. The number of hydrazone groups is 1. The van der Waals surface area contributed by atoms with Crippen LogP contribution in [0, 0.1) is 0 Å². The second-order valence-electron chi connectivity index (χ2n) is 4.65. The van der Waals surface area contributed by atoms with Gasteiger partial charge in [0, 0.05) is 5.56 Å². The fourth-order valence-corrected chi connectivity index (χ4v) is 1.78. The number of rotatable bonds is 5. The molecule has 2 aromatic rings. The van der Waals surface area contributed by atoms with Crippen LogP contribution in [0.3, 0.4) is 0 Å². The van der Waals surface area contributed by atoms with E-state index in [1.54, 1.807) is 31.2 Å². The van der Waals surface area contributed by atoms with Crippen molar-refractivity contribution >= 4 is 17.5 Å². The van der Waals surface area contributed by atoms with E-state index in [9.17, 15) is 9.59 Å². The molecule has 112 valence electrons. The molecule has 0 atom stereocenters. The van der Waals surface area contributed by atoms with Crippen LogP contribution in [0.5, 0.6) is 0 Å². The van der Waals surface area contributed by atoms with Crippen molar-refractivity contribution in [1.29, 1.82) is 0 Å². The van der Waals surface area contributed by atoms with Crippen LogP contribution in [0.15, 0.2) is 65.8 Å². The zero-order valence-corrected chi connectivity index (χ0v) is 12.2. The standard InChI is InChI=1S/C17H17N3O2/c1-13(14-8-4-2-5-9-14)19-20-16(21)12-18-17(22)15-10-6-3-7-11-15/h2-11H,12H2,1H3,(H,18,22)(H,20,21)/b19-13-. The maximum absolute atomic E-state index is 11.8. The lowest BCUT2D eigenvalue weighted by molar-refractivity contribution is -0.120. The van der Waals surface area contributed by atoms with Crippen molar-refractivity contribution in [2.24, 2.45) is 5.10 Å². The van der Waals surface area contributed by atoms with Gasteiger partial charge in [-0.15, -0.1) is 0 Å². The number of carbonyl (C=O) groups is 2. The van der Waals surface area contributed by atoms with Gasteiger partial charge >= 0.3 is 0 Å². The summed E-state index contributed by atoms with van der Waals surface area (Å²) in [6.07, 6.45) is 0. The molecule has 2 rings (SSSR count). The predicted molar refractivity (Wildman–Crippen MR) is 85.6 cm³/mol. The van der Waals surface area contributed by atoms with E-state index in [-0.39, 0.29) is 18.4 Å². The summed E-state index contributed by atoms with van der Waals surface area (Å²) >= 11 is 0. The average Bonchev–Trinajstić information content (AvgIpc) is 2.59. The minimum absolute atomic E-state index is 0.126. The Labute approximate surface area is 129 Å². The van der Waals surface area contributed by atoms with Gasteiger partial charge in [0.05, 0.1) is 12.3 Å². The Balaban J connectivity index is 1.82. The van der Waals surface area contributed by atoms with E-state index >= 15 is 0 Å². The minimum Gasteiger partial charge on any atom is -0.343 e. The Bertz CT molecular complexity index is 667. The largest absolute Gasteiger partial charge is 0.343 e. The molecule has 0 unspecified atom stereocenters. The van der Waals surface area contributed by atoms with Gasteiger partial charge in [-0.1, -0.05) is 48.5 Å². The fraction of sp³-hybridized carbons (Fsp3) is 0.118. The number of nitrogens with zero attached hydrogens (tertiary/aromatic N) is 1. The van der Waals surface area contributed by atoms with Gasteiger partial charge in [0.15, 0.2) is 0 Å². The summed E-state index contributed by atoms with van der Waals surface area (Å²) in [5, 5.41) is 6.55. The van der Waals surface area contributed by atoms with Crippen LogP contribution in [0.2, 0.25) is 0 Å². The molecule has 22 heavy (non-hydrogen) atoms. The Morgan fingerprint density at radius 2 is 1.45 bits per heavy atom. The summed E-state index contributed by atoms with van der Waals surface area (Å²) < 4.78 is 0. The average molecular weight is 295 g/mol. The van der Waals surface area contributed by atoms with Crippen molar-refractivity contribution in [2.75, 3.05) is 6.54 Å². The highest BCUT2D eigenvalue weighted by atomic mass is 16.2. The molecule has 0 radical (unpaired) electrons. The third kappa shape index (κ3) is 4.56.